The molecule has 0 aliphatic rings. The third-order valence-corrected chi connectivity index (χ3v) is 7.85. The summed E-state index contributed by atoms with van der Waals surface area (Å²) in [7, 11) is 6.45. The predicted octanol–water partition coefficient (Wildman–Crippen LogP) is 6.19. The van der Waals surface area contributed by atoms with Crippen molar-refractivity contribution in [2.24, 2.45) is 0 Å². The Balaban J connectivity index is 1.45. The molecule has 0 amide bonds. The largest absolute Gasteiger partial charge is 0.497 e. The van der Waals surface area contributed by atoms with Crippen molar-refractivity contribution in [2.45, 2.75) is 20.0 Å². The van der Waals surface area contributed by atoms with E-state index in [-0.39, 0.29) is 5.82 Å². The minimum absolute atomic E-state index is 0.254. The Morgan fingerprint density at radius 2 is 1.14 bits per heavy atom. The Labute approximate surface area is 284 Å². The van der Waals surface area contributed by atoms with Crippen LogP contribution in [-0.4, -0.2) is 58.3 Å². The molecule has 0 spiro atoms. The van der Waals surface area contributed by atoms with Gasteiger partial charge in [0.25, 0.3) is 0 Å². The van der Waals surface area contributed by atoms with Gasteiger partial charge >= 0.3 is 0 Å². The monoisotopic (exact) mass is 656 g/mol. The average molecular weight is 657 g/mol. The zero-order chi connectivity index (χ0) is 34.3. The van der Waals surface area contributed by atoms with E-state index >= 15 is 0 Å². The highest BCUT2D eigenvalue weighted by Crippen LogP contribution is 2.37. The third kappa shape index (κ3) is 7.49. The van der Waals surface area contributed by atoms with Crippen LogP contribution in [0.4, 0.5) is 11.8 Å². The quantitative estimate of drug-likeness (QED) is 0.160. The standard InChI is InChI=1S/C37H36N8O4/c1-23-41-36(44-37(42-23)45(21-24-6-12-28(46-2)13-7-24)22-25-8-14-29(47-3)15-9-25)31-18-30(26-10-16-32(48-4)39-19-26)34(43-35(31)38)27-11-17-33(49-5)40-20-27/h6-20H,21-22H2,1-5H3,(H2,38,43). The first-order chi connectivity index (χ1) is 23.9. The van der Waals surface area contributed by atoms with Gasteiger partial charge in [-0.15, -0.1) is 0 Å². The number of anilines is 2. The van der Waals surface area contributed by atoms with Gasteiger partial charge in [0, 0.05) is 54.3 Å². The van der Waals surface area contributed by atoms with Crippen molar-refractivity contribution in [3.05, 3.63) is 108 Å². The van der Waals surface area contributed by atoms with Crippen LogP contribution >= 0.6 is 0 Å². The lowest BCUT2D eigenvalue weighted by Crippen LogP contribution is -2.25. The van der Waals surface area contributed by atoms with Crippen LogP contribution in [0.25, 0.3) is 33.8 Å². The van der Waals surface area contributed by atoms with Gasteiger partial charge in [-0.25, -0.2) is 19.9 Å². The van der Waals surface area contributed by atoms with E-state index in [1.165, 1.54) is 0 Å². The molecular weight excluding hydrogens is 620 g/mol. The number of aryl methyl sites for hydroxylation is 1. The van der Waals surface area contributed by atoms with Crippen LogP contribution in [0.2, 0.25) is 0 Å². The average Bonchev–Trinajstić information content (AvgIpc) is 3.15. The van der Waals surface area contributed by atoms with Crippen LogP contribution < -0.4 is 29.6 Å². The number of nitrogen functional groups attached to an aromatic ring is 1. The van der Waals surface area contributed by atoms with Crippen molar-refractivity contribution in [1.82, 2.24) is 29.9 Å². The summed E-state index contributed by atoms with van der Waals surface area (Å²) in [6.07, 6.45) is 3.42. The Morgan fingerprint density at radius 1 is 0.592 bits per heavy atom. The second-order valence-electron chi connectivity index (χ2n) is 11.1. The van der Waals surface area contributed by atoms with Gasteiger partial charge in [-0.1, -0.05) is 24.3 Å². The van der Waals surface area contributed by atoms with Crippen molar-refractivity contribution in [2.75, 3.05) is 39.1 Å². The molecular formula is C37H36N8O4. The predicted molar refractivity (Wildman–Crippen MR) is 188 cm³/mol. The fraction of sp³-hybridized carbons (Fsp3) is 0.189. The van der Waals surface area contributed by atoms with E-state index < -0.39 is 0 Å². The fourth-order valence-corrected chi connectivity index (χ4v) is 5.28. The lowest BCUT2D eigenvalue weighted by atomic mass is 9.99. The highest BCUT2D eigenvalue weighted by molar-refractivity contribution is 5.87. The molecule has 49 heavy (non-hydrogen) atoms. The van der Waals surface area contributed by atoms with E-state index in [0.717, 1.165) is 39.3 Å². The van der Waals surface area contributed by atoms with Crippen LogP contribution in [0.1, 0.15) is 17.0 Å². The number of pyridine rings is 3. The normalized spacial score (nSPS) is 10.8. The zero-order valence-corrected chi connectivity index (χ0v) is 27.9. The van der Waals surface area contributed by atoms with Gasteiger partial charge in [0.1, 0.15) is 23.1 Å². The van der Waals surface area contributed by atoms with Crippen molar-refractivity contribution in [1.29, 1.82) is 0 Å². The molecule has 12 nitrogen and oxygen atoms in total. The number of hydrogen-bond donors (Lipinski definition) is 1. The lowest BCUT2D eigenvalue weighted by molar-refractivity contribution is 0.398. The molecule has 0 atom stereocenters. The summed E-state index contributed by atoms with van der Waals surface area (Å²) in [5.41, 5.74) is 12.3. The first kappa shape index (κ1) is 32.6. The van der Waals surface area contributed by atoms with E-state index in [1.807, 2.05) is 73.7 Å². The van der Waals surface area contributed by atoms with Crippen LogP contribution in [0.15, 0.2) is 91.3 Å². The second-order valence-corrected chi connectivity index (χ2v) is 11.1. The number of benzene rings is 2. The molecule has 0 aliphatic carbocycles. The number of methoxy groups -OCH3 is 4. The van der Waals surface area contributed by atoms with Gasteiger partial charge in [-0.05, 0) is 60.5 Å². The van der Waals surface area contributed by atoms with Gasteiger partial charge in [-0.3, -0.25) is 0 Å². The van der Waals surface area contributed by atoms with Crippen molar-refractivity contribution in [3.63, 3.8) is 0 Å². The Morgan fingerprint density at radius 3 is 1.63 bits per heavy atom. The van der Waals surface area contributed by atoms with E-state index in [2.05, 4.69) is 14.9 Å². The molecule has 248 valence electrons. The van der Waals surface area contributed by atoms with E-state index in [1.54, 1.807) is 53.0 Å². The molecule has 0 saturated heterocycles. The molecule has 0 aliphatic heterocycles. The highest BCUT2D eigenvalue weighted by atomic mass is 16.5. The second kappa shape index (κ2) is 14.6. The van der Waals surface area contributed by atoms with Crippen LogP contribution in [-0.2, 0) is 13.1 Å². The maximum absolute atomic E-state index is 6.69. The molecule has 0 saturated carbocycles. The van der Waals surface area contributed by atoms with Crippen molar-refractivity contribution < 1.29 is 18.9 Å². The number of hydrogen-bond acceptors (Lipinski definition) is 12. The third-order valence-electron chi connectivity index (χ3n) is 7.85. The van der Waals surface area contributed by atoms with Gasteiger partial charge in [0.05, 0.1) is 39.7 Å². The lowest BCUT2D eigenvalue weighted by Gasteiger charge is -2.24. The van der Waals surface area contributed by atoms with Crippen LogP contribution in [0.3, 0.4) is 0 Å². The Hall–Kier alpha value is -6.30. The Kier molecular flexibility index (Phi) is 9.75. The summed E-state index contributed by atoms with van der Waals surface area (Å²) in [5, 5.41) is 0. The SMILES string of the molecule is COc1ccc(CN(Cc2ccc(OC)cc2)c2nc(C)nc(-c3cc(-c4ccc(OC)nc4)c(-c4ccc(OC)nc4)nc3N)n2)cc1. The molecule has 0 bridgehead atoms. The first-order valence-electron chi connectivity index (χ1n) is 15.4. The van der Waals surface area contributed by atoms with E-state index in [9.17, 15) is 0 Å². The summed E-state index contributed by atoms with van der Waals surface area (Å²) in [5.74, 6) is 4.21. The van der Waals surface area contributed by atoms with Crippen LogP contribution in [0, 0.1) is 6.92 Å². The minimum atomic E-state index is 0.254. The minimum Gasteiger partial charge on any atom is -0.497 e. The molecule has 2 aromatic carbocycles. The number of aromatic nitrogens is 6. The molecule has 0 unspecified atom stereocenters. The summed E-state index contributed by atoms with van der Waals surface area (Å²) in [6.45, 7) is 2.89. The summed E-state index contributed by atoms with van der Waals surface area (Å²) in [6, 6.07) is 25.2. The smallest absolute Gasteiger partial charge is 0.229 e. The topological polar surface area (TPSA) is 144 Å². The number of nitrogens with two attached hydrogens (primary N) is 1. The van der Waals surface area contributed by atoms with Gasteiger partial charge in [-0.2, -0.15) is 9.97 Å². The summed E-state index contributed by atoms with van der Waals surface area (Å²) < 4.78 is 21.3. The molecule has 0 radical (unpaired) electrons. The van der Waals surface area contributed by atoms with Gasteiger partial charge in [0.2, 0.25) is 17.7 Å². The fourth-order valence-electron chi connectivity index (χ4n) is 5.28. The maximum atomic E-state index is 6.69. The molecule has 6 aromatic rings. The van der Waals surface area contributed by atoms with Crippen LogP contribution in [0.5, 0.6) is 23.3 Å². The van der Waals surface area contributed by atoms with E-state index in [0.29, 0.717) is 53.7 Å². The molecule has 4 aromatic heterocycles. The first-order valence-corrected chi connectivity index (χ1v) is 15.4. The Bertz CT molecular complexity index is 1970. The molecule has 4 heterocycles. The molecule has 6 rings (SSSR count). The summed E-state index contributed by atoms with van der Waals surface area (Å²) in [4.78, 5) is 30.3. The zero-order valence-electron chi connectivity index (χ0n) is 27.9. The highest BCUT2D eigenvalue weighted by Gasteiger charge is 2.21. The molecule has 0 fully saturated rings. The van der Waals surface area contributed by atoms with Crippen molar-refractivity contribution >= 4 is 11.8 Å². The molecule has 2 N–H and O–H groups in total. The summed E-state index contributed by atoms with van der Waals surface area (Å²) >= 11 is 0. The van der Waals surface area contributed by atoms with Crippen molar-refractivity contribution in [3.8, 4) is 57.0 Å². The molecule has 12 heteroatoms. The number of rotatable bonds is 12. The number of nitrogens with zero attached hydrogens (tertiary/aromatic N) is 7. The van der Waals surface area contributed by atoms with Gasteiger partial charge in [0.15, 0.2) is 5.82 Å². The van der Waals surface area contributed by atoms with E-state index in [4.69, 9.17) is 44.6 Å². The maximum Gasteiger partial charge on any atom is 0.229 e. The van der Waals surface area contributed by atoms with Gasteiger partial charge < -0.3 is 29.6 Å². The number of ether oxygens (including phenoxy) is 4.